The van der Waals surface area contributed by atoms with Gasteiger partial charge in [0.05, 0.1) is 5.60 Å². The first kappa shape index (κ1) is 10.0. The summed E-state index contributed by atoms with van der Waals surface area (Å²) in [6.45, 7) is 6.95. The number of nitrogens with one attached hydrogen (secondary N) is 1. The zero-order valence-electron chi connectivity index (χ0n) is 8.43. The smallest absolute Gasteiger partial charge is 0.0603 e. The second-order valence-corrected chi connectivity index (χ2v) is 4.79. The third-order valence-corrected chi connectivity index (χ3v) is 2.54. The monoisotopic (exact) mass is 171 g/mol. The van der Waals surface area contributed by atoms with Crippen molar-refractivity contribution in [3.63, 3.8) is 0 Å². The van der Waals surface area contributed by atoms with Gasteiger partial charge in [0.15, 0.2) is 0 Å². The van der Waals surface area contributed by atoms with Crippen molar-refractivity contribution in [3.8, 4) is 0 Å². The highest BCUT2D eigenvalue weighted by atomic mass is 16.3. The first-order valence-electron chi connectivity index (χ1n) is 4.93. The Morgan fingerprint density at radius 2 is 2.00 bits per heavy atom. The Morgan fingerprint density at radius 3 is 2.42 bits per heavy atom. The van der Waals surface area contributed by atoms with Crippen molar-refractivity contribution in [2.24, 2.45) is 5.92 Å². The van der Waals surface area contributed by atoms with E-state index < -0.39 is 5.60 Å². The van der Waals surface area contributed by atoms with Crippen molar-refractivity contribution in [2.75, 3.05) is 6.54 Å². The molecule has 1 rings (SSSR count). The van der Waals surface area contributed by atoms with Gasteiger partial charge in [-0.25, -0.2) is 0 Å². The molecule has 1 aliphatic carbocycles. The lowest BCUT2D eigenvalue weighted by Crippen LogP contribution is -2.42. The van der Waals surface area contributed by atoms with Crippen LogP contribution in [0.1, 0.15) is 40.0 Å². The summed E-state index contributed by atoms with van der Waals surface area (Å²) in [7, 11) is 0. The molecule has 0 saturated heterocycles. The highest BCUT2D eigenvalue weighted by Crippen LogP contribution is 2.26. The van der Waals surface area contributed by atoms with Gasteiger partial charge in [-0.3, -0.25) is 0 Å². The second kappa shape index (κ2) is 3.75. The fraction of sp³-hybridized carbons (Fsp3) is 1.00. The summed E-state index contributed by atoms with van der Waals surface area (Å²) in [6, 6.07) is 0.724. The summed E-state index contributed by atoms with van der Waals surface area (Å²) < 4.78 is 0. The lowest BCUT2D eigenvalue weighted by Gasteiger charge is -2.34. The molecule has 72 valence electrons. The van der Waals surface area contributed by atoms with Crippen LogP contribution >= 0.6 is 0 Å². The minimum Gasteiger partial charge on any atom is -0.390 e. The van der Waals surface area contributed by atoms with Gasteiger partial charge in [0.25, 0.3) is 0 Å². The van der Waals surface area contributed by atoms with E-state index in [1.807, 2.05) is 13.8 Å². The van der Waals surface area contributed by atoms with Crippen molar-refractivity contribution in [3.05, 3.63) is 0 Å². The third-order valence-electron chi connectivity index (χ3n) is 2.54. The van der Waals surface area contributed by atoms with E-state index in [1.54, 1.807) is 0 Å². The molecular weight excluding hydrogens is 150 g/mol. The van der Waals surface area contributed by atoms with Crippen molar-refractivity contribution < 1.29 is 5.11 Å². The number of rotatable bonds is 4. The number of hydrogen-bond donors (Lipinski definition) is 2. The van der Waals surface area contributed by atoms with Crippen LogP contribution < -0.4 is 5.32 Å². The summed E-state index contributed by atoms with van der Waals surface area (Å²) in [6.07, 6.45) is 3.47. The molecule has 0 amide bonds. The molecule has 0 unspecified atom stereocenters. The summed E-state index contributed by atoms with van der Waals surface area (Å²) >= 11 is 0. The molecular formula is C10H21NO. The van der Waals surface area contributed by atoms with E-state index in [0.717, 1.165) is 24.9 Å². The maximum absolute atomic E-state index is 9.43. The molecule has 0 aliphatic heterocycles. The van der Waals surface area contributed by atoms with Crippen LogP contribution in [0, 0.1) is 5.92 Å². The standard InChI is InChI=1S/C10H21NO/c1-8-6-9(7-8)11-5-4-10(2,3)12/h8-9,11-12H,4-7H2,1-3H3. The maximum atomic E-state index is 9.43. The van der Waals surface area contributed by atoms with E-state index in [-0.39, 0.29) is 0 Å². The predicted molar refractivity (Wildman–Crippen MR) is 51.1 cm³/mol. The Hall–Kier alpha value is -0.0800. The average molecular weight is 171 g/mol. The second-order valence-electron chi connectivity index (χ2n) is 4.79. The molecule has 1 saturated carbocycles. The number of hydrogen-bond acceptors (Lipinski definition) is 2. The Labute approximate surface area is 75.4 Å². The molecule has 12 heavy (non-hydrogen) atoms. The molecule has 2 heteroatoms. The van der Waals surface area contributed by atoms with Crippen LogP contribution in [-0.4, -0.2) is 23.3 Å². The lowest BCUT2D eigenvalue weighted by atomic mass is 9.82. The van der Waals surface area contributed by atoms with E-state index in [9.17, 15) is 5.11 Å². The van der Waals surface area contributed by atoms with E-state index >= 15 is 0 Å². The SMILES string of the molecule is CC1CC(NCCC(C)(C)O)C1. The van der Waals surface area contributed by atoms with E-state index in [4.69, 9.17) is 0 Å². The number of aliphatic hydroxyl groups is 1. The highest BCUT2D eigenvalue weighted by molar-refractivity contribution is 4.82. The molecule has 0 heterocycles. The molecule has 0 aromatic carbocycles. The Balaban J connectivity index is 1.97. The van der Waals surface area contributed by atoms with E-state index in [0.29, 0.717) is 0 Å². The van der Waals surface area contributed by atoms with Crippen molar-refractivity contribution in [1.29, 1.82) is 0 Å². The molecule has 0 aromatic heterocycles. The lowest BCUT2D eigenvalue weighted by molar-refractivity contribution is 0.0682. The van der Waals surface area contributed by atoms with Crippen LogP contribution in [0.2, 0.25) is 0 Å². The van der Waals surface area contributed by atoms with Gasteiger partial charge in [-0.2, -0.15) is 0 Å². The highest BCUT2D eigenvalue weighted by Gasteiger charge is 2.24. The zero-order valence-corrected chi connectivity index (χ0v) is 8.43. The minimum atomic E-state index is -0.512. The van der Waals surface area contributed by atoms with Crippen LogP contribution in [0.25, 0.3) is 0 Å². The molecule has 0 spiro atoms. The van der Waals surface area contributed by atoms with Gasteiger partial charge in [0.1, 0.15) is 0 Å². The van der Waals surface area contributed by atoms with Gasteiger partial charge in [0, 0.05) is 6.04 Å². The Morgan fingerprint density at radius 1 is 1.42 bits per heavy atom. The van der Waals surface area contributed by atoms with Gasteiger partial charge in [-0.15, -0.1) is 0 Å². The maximum Gasteiger partial charge on any atom is 0.0603 e. The molecule has 0 aromatic rings. The Bertz CT molecular complexity index is 133. The summed E-state index contributed by atoms with van der Waals surface area (Å²) in [4.78, 5) is 0. The topological polar surface area (TPSA) is 32.3 Å². The molecule has 2 nitrogen and oxygen atoms in total. The van der Waals surface area contributed by atoms with Crippen molar-refractivity contribution in [2.45, 2.75) is 51.7 Å². The largest absolute Gasteiger partial charge is 0.390 e. The fourth-order valence-electron chi connectivity index (χ4n) is 1.65. The molecule has 0 bridgehead atoms. The first-order chi connectivity index (χ1) is 5.47. The molecule has 1 aliphatic rings. The van der Waals surface area contributed by atoms with Gasteiger partial charge in [-0.1, -0.05) is 6.92 Å². The van der Waals surface area contributed by atoms with Crippen molar-refractivity contribution in [1.82, 2.24) is 5.32 Å². The summed E-state index contributed by atoms with van der Waals surface area (Å²) in [5.74, 6) is 0.907. The zero-order chi connectivity index (χ0) is 9.19. The minimum absolute atomic E-state index is 0.512. The van der Waals surface area contributed by atoms with Crippen LogP contribution in [0.5, 0.6) is 0 Å². The van der Waals surface area contributed by atoms with E-state index in [2.05, 4.69) is 12.2 Å². The van der Waals surface area contributed by atoms with Gasteiger partial charge >= 0.3 is 0 Å². The predicted octanol–water partition coefficient (Wildman–Crippen LogP) is 1.54. The van der Waals surface area contributed by atoms with E-state index in [1.165, 1.54) is 12.8 Å². The normalized spacial score (nSPS) is 30.0. The Kier molecular flexibility index (Phi) is 3.13. The average Bonchev–Trinajstić information content (AvgIpc) is 1.81. The van der Waals surface area contributed by atoms with Crippen LogP contribution in [0.4, 0.5) is 0 Å². The van der Waals surface area contributed by atoms with Crippen LogP contribution in [0.3, 0.4) is 0 Å². The third kappa shape index (κ3) is 3.55. The van der Waals surface area contributed by atoms with Crippen molar-refractivity contribution >= 4 is 0 Å². The quantitative estimate of drug-likeness (QED) is 0.672. The van der Waals surface area contributed by atoms with Gasteiger partial charge in [0.2, 0.25) is 0 Å². The summed E-state index contributed by atoms with van der Waals surface area (Å²) in [5, 5.41) is 12.9. The molecule has 1 fully saturated rings. The molecule has 0 atom stereocenters. The van der Waals surface area contributed by atoms with Gasteiger partial charge in [-0.05, 0) is 45.6 Å². The molecule has 0 radical (unpaired) electrons. The van der Waals surface area contributed by atoms with Crippen LogP contribution in [0.15, 0.2) is 0 Å². The van der Waals surface area contributed by atoms with Crippen LogP contribution in [-0.2, 0) is 0 Å². The summed E-state index contributed by atoms with van der Waals surface area (Å²) in [5.41, 5.74) is -0.512. The molecule has 2 N–H and O–H groups in total. The van der Waals surface area contributed by atoms with Gasteiger partial charge < -0.3 is 10.4 Å². The fourth-order valence-corrected chi connectivity index (χ4v) is 1.65. The first-order valence-corrected chi connectivity index (χ1v) is 4.93.